The predicted molar refractivity (Wildman–Crippen MR) is 180 cm³/mol. The second-order valence-electron chi connectivity index (χ2n) is 17.4. The topological polar surface area (TPSA) is 92.3 Å². The van der Waals surface area contributed by atoms with E-state index in [4.69, 9.17) is 39.2 Å². The van der Waals surface area contributed by atoms with Crippen LogP contribution in [0.1, 0.15) is 164 Å². The van der Waals surface area contributed by atoms with Gasteiger partial charge in [-0.3, -0.25) is 0 Å². The fourth-order valence-electron chi connectivity index (χ4n) is 3.67. The van der Waals surface area contributed by atoms with Crippen molar-refractivity contribution in [3.63, 3.8) is 0 Å². The molecule has 0 saturated carbocycles. The van der Waals surface area contributed by atoms with Crippen molar-refractivity contribution in [3.05, 3.63) is 0 Å². The standard InChI is InChI=1S/2C12H27O4Si.2C4H9O.Ti/c2*1-10(2,3)14-17(13,15-11(4,5)6)16-12(7,8)9;2*1-2-3-4-5;/h2*1-9H3;2*2-4H2,1H3;/q4*-1;+4. The molecule has 272 valence electrons. The molecular formula is C32H72O10Si2Ti. The first-order valence-electron chi connectivity index (χ1n) is 16.7. The monoisotopic (exact) mass is 720 g/mol. The Kier molecular flexibility index (Phi) is 17.4. The van der Waals surface area contributed by atoms with Gasteiger partial charge in [0.1, 0.15) is 0 Å². The van der Waals surface area contributed by atoms with Crippen LogP contribution in [0.25, 0.3) is 0 Å². The summed E-state index contributed by atoms with van der Waals surface area (Å²) in [4.78, 5) is 0. The SMILES string of the molecule is CCCC[O][Ti]([O]CCCC)([O][Si](OC(C)(C)C)(OC(C)(C)C)OC(C)(C)C)[O][Si](OC(C)(C)C)(OC(C)(C)C)OC(C)(C)C. The molecule has 0 aliphatic carbocycles. The van der Waals surface area contributed by atoms with Crippen LogP contribution in [0.2, 0.25) is 0 Å². The Morgan fingerprint density at radius 2 is 0.578 bits per heavy atom. The van der Waals surface area contributed by atoms with E-state index in [0.717, 1.165) is 25.7 Å². The van der Waals surface area contributed by atoms with Gasteiger partial charge in [-0.2, -0.15) is 0 Å². The van der Waals surface area contributed by atoms with E-state index in [1.807, 2.05) is 125 Å². The normalized spacial score (nSPS) is 15.2. The molecule has 0 spiro atoms. The summed E-state index contributed by atoms with van der Waals surface area (Å²) >= 11 is -5.11. The molecule has 0 amide bonds. The summed E-state index contributed by atoms with van der Waals surface area (Å²) in [6.45, 7) is 39.7. The van der Waals surface area contributed by atoms with Crippen LogP contribution in [0.3, 0.4) is 0 Å². The summed E-state index contributed by atoms with van der Waals surface area (Å²) in [7, 11) is -8.34. The average Bonchev–Trinajstić information content (AvgIpc) is 2.65. The molecular weight excluding hydrogens is 648 g/mol. The Balaban J connectivity index is 7.88. The van der Waals surface area contributed by atoms with Crippen LogP contribution in [0.5, 0.6) is 0 Å². The minimum atomic E-state index is -5.11. The van der Waals surface area contributed by atoms with Gasteiger partial charge in [-0.25, -0.2) is 0 Å². The third kappa shape index (κ3) is 22.2. The average molecular weight is 721 g/mol. The van der Waals surface area contributed by atoms with Gasteiger partial charge < -0.3 is 0 Å². The molecule has 0 bridgehead atoms. The Morgan fingerprint density at radius 1 is 0.378 bits per heavy atom. The fourth-order valence-corrected chi connectivity index (χ4v) is 16.8. The van der Waals surface area contributed by atoms with E-state index in [9.17, 15) is 0 Å². The zero-order valence-corrected chi connectivity index (χ0v) is 36.4. The van der Waals surface area contributed by atoms with Crippen LogP contribution >= 0.6 is 0 Å². The van der Waals surface area contributed by atoms with Crippen molar-refractivity contribution >= 4 is 18.1 Å². The van der Waals surface area contributed by atoms with Gasteiger partial charge in [-0.05, 0) is 0 Å². The molecule has 0 radical (unpaired) electrons. The molecule has 0 atom stereocenters. The van der Waals surface area contributed by atoms with E-state index in [2.05, 4.69) is 13.8 Å². The summed E-state index contributed by atoms with van der Waals surface area (Å²) in [6.07, 6.45) is 3.29. The van der Waals surface area contributed by atoms with Crippen molar-refractivity contribution in [3.8, 4) is 0 Å². The molecule has 0 saturated heterocycles. The van der Waals surface area contributed by atoms with E-state index in [1.54, 1.807) is 0 Å². The van der Waals surface area contributed by atoms with Gasteiger partial charge in [0.15, 0.2) is 0 Å². The van der Waals surface area contributed by atoms with Gasteiger partial charge in [0, 0.05) is 0 Å². The second-order valence-corrected chi connectivity index (χ2v) is 25.4. The molecule has 0 heterocycles. The zero-order chi connectivity index (χ0) is 35.8. The zero-order valence-electron chi connectivity index (χ0n) is 32.8. The van der Waals surface area contributed by atoms with Gasteiger partial charge in [0.05, 0.1) is 0 Å². The first-order chi connectivity index (χ1) is 19.8. The number of rotatable bonds is 18. The maximum atomic E-state index is 7.13. The van der Waals surface area contributed by atoms with E-state index < -0.39 is 69.8 Å². The van der Waals surface area contributed by atoms with Crippen LogP contribution in [0.15, 0.2) is 0 Å². The van der Waals surface area contributed by atoms with Gasteiger partial charge in [-0.15, -0.1) is 0 Å². The Morgan fingerprint density at radius 3 is 0.733 bits per heavy atom. The molecule has 0 aliphatic rings. The molecule has 0 unspecified atom stereocenters. The molecule has 0 N–H and O–H groups in total. The maximum absolute atomic E-state index is 7.13. The molecule has 0 rings (SSSR count). The molecule has 10 nitrogen and oxygen atoms in total. The van der Waals surface area contributed by atoms with E-state index in [0.29, 0.717) is 13.2 Å². The molecule has 0 aromatic carbocycles. The van der Waals surface area contributed by atoms with Crippen LogP contribution in [-0.4, -0.2) is 64.9 Å². The van der Waals surface area contributed by atoms with Crippen LogP contribution in [0.4, 0.5) is 0 Å². The van der Waals surface area contributed by atoms with Gasteiger partial charge in [0.25, 0.3) is 0 Å². The van der Waals surface area contributed by atoms with Crippen molar-refractivity contribution in [2.75, 3.05) is 13.2 Å². The van der Waals surface area contributed by atoms with Crippen molar-refractivity contribution in [2.45, 2.75) is 198 Å². The summed E-state index contributed by atoms with van der Waals surface area (Å²) in [5.41, 5.74) is -4.31. The Hall–Kier alpha value is 0.748. The molecule has 0 aromatic heterocycles. The first-order valence-corrected chi connectivity index (χ1v) is 22.5. The summed E-state index contributed by atoms with van der Waals surface area (Å²) in [5.74, 6) is 0. The molecule has 0 aromatic rings. The van der Waals surface area contributed by atoms with Gasteiger partial charge in [0.2, 0.25) is 0 Å². The number of hydrogen-bond donors (Lipinski definition) is 0. The molecule has 45 heavy (non-hydrogen) atoms. The predicted octanol–water partition coefficient (Wildman–Crippen LogP) is 9.23. The first kappa shape index (κ1) is 45.7. The number of hydrogen-bond acceptors (Lipinski definition) is 10. The fraction of sp³-hybridized carbons (Fsp3) is 1.00. The van der Waals surface area contributed by atoms with Crippen LogP contribution in [0, 0.1) is 0 Å². The quantitative estimate of drug-likeness (QED) is 0.101. The summed E-state index contributed by atoms with van der Waals surface area (Å²) in [5, 5.41) is 0. The van der Waals surface area contributed by atoms with Crippen molar-refractivity contribution in [1.29, 1.82) is 0 Å². The van der Waals surface area contributed by atoms with Gasteiger partial charge in [-0.1, -0.05) is 0 Å². The molecule has 0 fully saturated rings. The van der Waals surface area contributed by atoms with Crippen molar-refractivity contribution in [2.24, 2.45) is 0 Å². The molecule has 13 heteroatoms. The Labute approximate surface area is 285 Å². The minimum absolute atomic E-state index is 0.318. The second kappa shape index (κ2) is 17.1. The third-order valence-corrected chi connectivity index (χ3v) is 17.2. The Bertz CT molecular complexity index is 695. The molecule has 0 aliphatic heterocycles. The third-order valence-electron chi connectivity index (χ3n) is 4.64. The van der Waals surface area contributed by atoms with E-state index in [-0.39, 0.29) is 0 Å². The van der Waals surface area contributed by atoms with Crippen molar-refractivity contribution in [1.82, 2.24) is 0 Å². The van der Waals surface area contributed by atoms with E-state index in [1.165, 1.54) is 0 Å². The summed E-state index contributed by atoms with van der Waals surface area (Å²) in [6, 6.07) is 0. The van der Waals surface area contributed by atoms with Gasteiger partial charge >= 0.3 is 286 Å². The number of unbranched alkanes of at least 4 members (excludes halogenated alkanes) is 2. The van der Waals surface area contributed by atoms with Crippen LogP contribution in [-0.2, 0) is 57.3 Å². The van der Waals surface area contributed by atoms with Crippen molar-refractivity contribution < 1.29 is 57.3 Å². The summed E-state index contributed by atoms with van der Waals surface area (Å²) < 4.78 is 68.1. The van der Waals surface area contributed by atoms with Crippen LogP contribution < -0.4 is 0 Å². The van der Waals surface area contributed by atoms with E-state index >= 15 is 0 Å².